The van der Waals surface area contributed by atoms with Crippen molar-refractivity contribution in [2.45, 2.75) is 31.9 Å². The van der Waals surface area contributed by atoms with Crippen LogP contribution < -0.4 is 5.73 Å². The molecule has 1 aliphatic heterocycles. The van der Waals surface area contributed by atoms with Crippen molar-refractivity contribution in [2.75, 3.05) is 20.1 Å². The van der Waals surface area contributed by atoms with E-state index in [2.05, 4.69) is 25.8 Å². The lowest BCUT2D eigenvalue weighted by Crippen LogP contribution is -2.61. The Labute approximate surface area is 110 Å². The Hall–Kier alpha value is -0.900. The maximum absolute atomic E-state index is 11.2. The zero-order chi connectivity index (χ0) is 13.4. The van der Waals surface area contributed by atoms with Gasteiger partial charge in [0.05, 0.1) is 5.60 Å². The predicted molar refractivity (Wildman–Crippen MR) is 74.2 cm³/mol. The fourth-order valence-electron chi connectivity index (χ4n) is 3.08. The van der Waals surface area contributed by atoms with Gasteiger partial charge in [-0.1, -0.05) is 37.3 Å². The van der Waals surface area contributed by atoms with Crippen molar-refractivity contribution in [3.8, 4) is 0 Å². The largest absolute Gasteiger partial charge is 0.384 e. The first kappa shape index (κ1) is 13.5. The van der Waals surface area contributed by atoms with Crippen LogP contribution >= 0.6 is 0 Å². The van der Waals surface area contributed by atoms with Gasteiger partial charge in [0, 0.05) is 24.5 Å². The molecule has 3 nitrogen and oxygen atoms in total. The van der Waals surface area contributed by atoms with Crippen LogP contribution in [0.2, 0.25) is 0 Å². The van der Waals surface area contributed by atoms with E-state index in [9.17, 15) is 5.11 Å². The monoisotopic (exact) mass is 248 g/mol. The van der Waals surface area contributed by atoms with E-state index in [0.29, 0.717) is 12.6 Å². The molecule has 18 heavy (non-hydrogen) atoms. The molecule has 0 aromatic heterocycles. The predicted octanol–water partition coefficient (Wildman–Crippen LogP) is 1.56. The molecule has 1 saturated heterocycles. The van der Waals surface area contributed by atoms with Crippen LogP contribution in [-0.4, -0.2) is 36.2 Å². The molecule has 3 unspecified atom stereocenters. The smallest absolute Gasteiger partial charge is 0.0988 e. The highest BCUT2D eigenvalue weighted by Gasteiger charge is 2.52. The Bertz CT molecular complexity index is 408. The standard InChI is InChI=1S/C15H24N2O/c1-12-9-15(18,13-7-5-4-6-8-13)14(2,10-16)11-17(12)3/h4-8,12,18H,9-11,16H2,1-3H3. The van der Waals surface area contributed by atoms with Crippen LogP contribution in [0.3, 0.4) is 0 Å². The van der Waals surface area contributed by atoms with Gasteiger partial charge in [0.1, 0.15) is 0 Å². The van der Waals surface area contributed by atoms with Crippen molar-refractivity contribution in [1.82, 2.24) is 4.90 Å². The van der Waals surface area contributed by atoms with E-state index >= 15 is 0 Å². The summed E-state index contributed by atoms with van der Waals surface area (Å²) in [6.45, 7) is 5.54. The number of hydrogen-bond donors (Lipinski definition) is 2. The lowest BCUT2D eigenvalue weighted by atomic mass is 9.64. The highest BCUT2D eigenvalue weighted by molar-refractivity contribution is 5.27. The molecule has 3 atom stereocenters. The molecule has 1 aliphatic rings. The maximum atomic E-state index is 11.2. The van der Waals surface area contributed by atoms with Crippen LogP contribution in [0.15, 0.2) is 30.3 Å². The number of nitrogens with two attached hydrogens (primary N) is 1. The van der Waals surface area contributed by atoms with Crippen LogP contribution in [0.25, 0.3) is 0 Å². The minimum Gasteiger partial charge on any atom is -0.384 e. The Balaban J connectivity index is 2.45. The van der Waals surface area contributed by atoms with Crippen LogP contribution in [0.1, 0.15) is 25.8 Å². The van der Waals surface area contributed by atoms with Gasteiger partial charge in [-0.3, -0.25) is 0 Å². The first-order chi connectivity index (χ1) is 8.43. The highest BCUT2D eigenvalue weighted by atomic mass is 16.3. The van der Waals surface area contributed by atoms with Gasteiger partial charge in [0.25, 0.3) is 0 Å². The Kier molecular flexibility index (Phi) is 3.49. The normalized spacial score (nSPS) is 37.7. The molecule has 1 fully saturated rings. The van der Waals surface area contributed by atoms with E-state index < -0.39 is 5.60 Å². The third-order valence-electron chi connectivity index (χ3n) is 4.64. The zero-order valence-corrected chi connectivity index (χ0v) is 11.6. The molecular formula is C15H24N2O. The fourth-order valence-corrected chi connectivity index (χ4v) is 3.08. The minimum absolute atomic E-state index is 0.310. The van der Waals surface area contributed by atoms with Gasteiger partial charge in [0.2, 0.25) is 0 Å². The molecular weight excluding hydrogens is 224 g/mol. The summed E-state index contributed by atoms with van der Waals surface area (Å²) in [5.74, 6) is 0. The summed E-state index contributed by atoms with van der Waals surface area (Å²) in [6.07, 6.45) is 0.723. The number of rotatable bonds is 2. The van der Waals surface area contributed by atoms with Gasteiger partial charge in [-0.05, 0) is 26.0 Å². The molecule has 0 amide bonds. The average Bonchev–Trinajstić information content (AvgIpc) is 2.37. The molecule has 3 N–H and O–H groups in total. The lowest BCUT2D eigenvalue weighted by molar-refractivity contribution is -0.140. The quantitative estimate of drug-likeness (QED) is 0.835. The maximum Gasteiger partial charge on any atom is 0.0988 e. The summed E-state index contributed by atoms with van der Waals surface area (Å²) in [4.78, 5) is 2.28. The Morgan fingerprint density at radius 1 is 1.39 bits per heavy atom. The molecule has 0 radical (unpaired) electrons. The van der Waals surface area contributed by atoms with Gasteiger partial charge < -0.3 is 15.7 Å². The fraction of sp³-hybridized carbons (Fsp3) is 0.600. The van der Waals surface area contributed by atoms with E-state index in [1.165, 1.54) is 0 Å². The summed E-state index contributed by atoms with van der Waals surface area (Å²) in [7, 11) is 2.10. The number of benzene rings is 1. The lowest BCUT2D eigenvalue weighted by Gasteiger charge is -2.53. The van der Waals surface area contributed by atoms with Gasteiger partial charge in [-0.25, -0.2) is 0 Å². The zero-order valence-electron chi connectivity index (χ0n) is 11.6. The van der Waals surface area contributed by atoms with E-state index in [4.69, 9.17) is 5.73 Å². The Morgan fingerprint density at radius 2 is 2.00 bits per heavy atom. The van der Waals surface area contributed by atoms with Crippen molar-refractivity contribution >= 4 is 0 Å². The second-order valence-corrected chi connectivity index (χ2v) is 5.96. The first-order valence-corrected chi connectivity index (χ1v) is 6.61. The molecule has 3 heteroatoms. The molecule has 100 valence electrons. The average molecular weight is 248 g/mol. The van der Waals surface area contributed by atoms with Crippen molar-refractivity contribution in [3.05, 3.63) is 35.9 Å². The van der Waals surface area contributed by atoms with Gasteiger partial charge >= 0.3 is 0 Å². The van der Waals surface area contributed by atoms with E-state index in [-0.39, 0.29) is 5.41 Å². The third-order valence-corrected chi connectivity index (χ3v) is 4.64. The van der Waals surface area contributed by atoms with E-state index in [1.807, 2.05) is 30.3 Å². The highest BCUT2D eigenvalue weighted by Crippen LogP contribution is 2.47. The van der Waals surface area contributed by atoms with E-state index in [1.54, 1.807) is 0 Å². The van der Waals surface area contributed by atoms with Gasteiger partial charge in [-0.15, -0.1) is 0 Å². The summed E-state index contributed by atoms with van der Waals surface area (Å²) in [6, 6.07) is 10.3. The molecule has 2 rings (SSSR count). The van der Waals surface area contributed by atoms with E-state index in [0.717, 1.165) is 18.5 Å². The Morgan fingerprint density at radius 3 is 2.56 bits per heavy atom. The first-order valence-electron chi connectivity index (χ1n) is 6.61. The number of aliphatic hydroxyl groups is 1. The topological polar surface area (TPSA) is 49.5 Å². The number of piperidine rings is 1. The molecule has 0 spiro atoms. The molecule has 1 heterocycles. The minimum atomic E-state index is -0.838. The summed E-state index contributed by atoms with van der Waals surface area (Å²) in [5.41, 5.74) is 5.81. The number of hydrogen-bond acceptors (Lipinski definition) is 3. The summed E-state index contributed by atoms with van der Waals surface area (Å²) >= 11 is 0. The molecule has 1 aromatic carbocycles. The van der Waals surface area contributed by atoms with Crippen LogP contribution in [-0.2, 0) is 5.60 Å². The molecule has 0 aliphatic carbocycles. The van der Waals surface area contributed by atoms with Crippen molar-refractivity contribution in [3.63, 3.8) is 0 Å². The third kappa shape index (κ3) is 1.96. The van der Waals surface area contributed by atoms with Crippen LogP contribution in [0.4, 0.5) is 0 Å². The molecule has 1 aromatic rings. The molecule has 0 saturated carbocycles. The second kappa shape index (κ2) is 4.65. The van der Waals surface area contributed by atoms with Crippen LogP contribution in [0, 0.1) is 5.41 Å². The molecule has 0 bridgehead atoms. The van der Waals surface area contributed by atoms with Gasteiger partial charge in [0.15, 0.2) is 0 Å². The number of likely N-dealkylation sites (tertiary alicyclic amines) is 1. The van der Waals surface area contributed by atoms with Crippen LogP contribution in [0.5, 0.6) is 0 Å². The number of nitrogens with zero attached hydrogens (tertiary/aromatic N) is 1. The summed E-state index contributed by atoms with van der Waals surface area (Å²) < 4.78 is 0. The SMILES string of the molecule is CC1CC(O)(c2ccccc2)C(C)(CN)CN1C. The van der Waals surface area contributed by atoms with Gasteiger partial charge in [-0.2, -0.15) is 0 Å². The van der Waals surface area contributed by atoms with Crippen molar-refractivity contribution < 1.29 is 5.11 Å². The second-order valence-electron chi connectivity index (χ2n) is 5.96. The van der Waals surface area contributed by atoms with Crippen molar-refractivity contribution in [1.29, 1.82) is 0 Å². The van der Waals surface area contributed by atoms with Crippen molar-refractivity contribution in [2.24, 2.45) is 11.1 Å². The summed E-state index contributed by atoms with van der Waals surface area (Å²) in [5, 5.41) is 11.2.